The van der Waals surface area contributed by atoms with E-state index in [4.69, 9.17) is 16.3 Å². The number of hydrogen-bond donors (Lipinski definition) is 0. The number of ether oxygens (including phenoxy) is 1. The number of halogens is 1. The third-order valence-corrected chi connectivity index (χ3v) is 1.77. The molecule has 1 aromatic rings. The summed E-state index contributed by atoms with van der Waals surface area (Å²) in [5.74, 6) is 0.395. The summed E-state index contributed by atoms with van der Waals surface area (Å²) >= 11 is 5.73. The van der Waals surface area contributed by atoms with Gasteiger partial charge in [0.25, 0.3) is 0 Å². The third-order valence-electron chi connectivity index (χ3n) is 1.53. The molecule has 0 amide bonds. The zero-order chi connectivity index (χ0) is 9.84. The average Bonchev–Trinajstić information content (AvgIpc) is 2.08. The Hall–Kier alpha value is -1.28. The highest BCUT2D eigenvalue weighted by atomic mass is 35.5. The second kappa shape index (κ2) is 4.10. The van der Waals surface area contributed by atoms with Gasteiger partial charge in [-0.3, -0.25) is 4.79 Å². The molecule has 0 aromatic heterocycles. The van der Waals surface area contributed by atoms with Crippen LogP contribution in [0.4, 0.5) is 0 Å². The van der Waals surface area contributed by atoms with Gasteiger partial charge in [0.05, 0.1) is 11.8 Å². The lowest BCUT2D eigenvalue weighted by Crippen LogP contribution is -1.96. The summed E-state index contributed by atoms with van der Waals surface area (Å²) in [6, 6.07) is 4.87. The van der Waals surface area contributed by atoms with Gasteiger partial charge in [-0.25, -0.2) is 0 Å². The van der Waals surface area contributed by atoms with E-state index >= 15 is 0 Å². The summed E-state index contributed by atoms with van der Waals surface area (Å²) in [6.45, 7) is 4.87. The van der Waals surface area contributed by atoms with E-state index in [0.29, 0.717) is 16.3 Å². The fourth-order valence-corrected chi connectivity index (χ4v) is 1.14. The minimum atomic E-state index is -0.0839. The van der Waals surface area contributed by atoms with E-state index in [0.717, 1.165) is 0 Å². The summed E-state index contributed by atoms with van der Waals surface area (Å²) in [7, 11) is 0. The maximum atomic E-state index is 11.1. The van der Waals surface area contributed by atoms with Crippen LogP contribution in [0.3, 0.4) is 0 Å². The molecule has 0 unspecified atom stereocenters. The van der Waals surface area contributed by atoms with Gasteiger partial charge >= 0.3 is 0 Å². The van der Waals surface area contributed by atoms with Crippen molar-refractivity contribution >= 4 is 17.4 Å². The number of Topliss-reactive ketones (excluding diaryl/α,β-unsaturated/α-hetero) is 1. The molecule has 0 radical (unpaired) electrons. The van der Waals surface area contributed by atoms with Crippen molar-refractivity contribution in [3.63, 3.8) is 0 Å². The molecule has 1 aromatic carbocycles. The van der Waals surface area contributed by atoms with Crippen molar-refractivity contribution in [3.8, 4) is 5.75 Å². The first-order valence-electron chi connectivity index (χ1n) is 3.73. The van der Waals surface area contributed by atoms with Crippen molar-refractivity contribution in [1.82, 2.24) is 0 Å². The number of carbonyl (C=O) groups is 1. The van der Waals surface area contributed by atoms with Gasteiger partial charge in [-0.1, -0.05) is 18.2 Å². The summed E-state index contributed by atoms with van der Waals surface area (Å²) in [5, 5.41) is 0.515. The van der Waals surface area contributed by atoms with Crippen LogP contribution >= 0.6 is 11.6 Å². The monoisotopic (exact) mass is 196 g/mol. The van der Waals surface area contributed by atoms with Crippen LogP contribution in [-0.2, 0) is 0 Å². The lowest BCUT2D eigenvalue weighted by Gasteiger charge is -2.05. The fourth-order valence-electron chi connectivity index (χ4n) is 0.970. The SMILES string of the molecule is C=COc1ccc(Cl)cc1C(C)=O. The number of benzene rings is 1. The van der Waals surface area contributed by atoms with Crippen LogP contribution in [0.15, 0.2) is 31.0 Å². The maximum absolute atomic E-state index is 11.1. The van der Waals surface area contributed by atoms with Crippen molar-refractivity contribution < 1.29 is 9.53 Å². The molecule has 0 bridgehead atoms. The van der Waals surface area contributed by atoms with Gasteiger partial charge in [0, 0.05) is 5.02 Å². The molecule has 68 valence electrons. The zero-order valence-corrected chi connectivity index (χ0v) is 7.97. The number of carbonyl (C=O) groups excluding carboxylic acids is 1. The zero-order valence-electron chi connectivity index (χ0n) is 7.21. The minimum absolute atomic E-state index is 0.0839. The molecule has 0 aliphatic rings. The summed E-state index contributed by atoms with van der Waals surface area (Å²) in [6.07, 6.45) is 1.27. The molecular weight excluding hydrogens is 188 g/mol. The standard InChI is InChI=1S/C10H9ClO2/c1-3-13-10-5-4-8(11)6-9(10)7(2)12/h3-6H,1H2,2H3. The van der Waals surface area contributed by atoms with Gasteiger partial charge < -0.3 is 4.74 Å². The van der Waals surface area contributed by atoms with Crippen LogP contribution in [0.1, 0.15) is 17.3 Å². The molecule has 0 heterocycles. The first-order valence-corrected chi connectivity index (χ1v) is 4.11. The predicted molar refractivity (Wildman–Crippen MR) is 52.3 cm³/mol. The Morgan fingerprint density at radius 1 is 1.62 bits per heavy atom. The van der Waals surface area contributed by atoms with Gasteiger partial charge in [0.1, 0.15) is 5.75 Å². The molecule has 0 spiro atoms. The molecular formula is C10H9ClO2. The highest BCUT2D eigenvalue weighted by molar-refractivity contribution is 6.31. The molecule has 1 rings (SSSR count). The molecule has 0 aliphatic heterocycles. The van der Waals surface area contributed by atoms with E-state index in [2.05, 4.69) is 6.58 Å². The van der Waals surface area contributed by atoms with Crippen LogP contribution in [0, 0.1) is 0 Å². The molecule has 0 saturated heterocycles. The third kappa shape index (κ3) is 2.33. The second-order valence-corrected chi connectivity index (χ2v) is 2.92. The first-order chi connectivity index (χ1) is 6.15. The lowest BCUT2D eigenvalue weighted by molar-refractivity contribution is 0.101. The van der Waals surface area contributed by atoms with Crippen molar-refractivity contribution in [3.05, 3.63) is 41.6 Å². The van der Waals surface area contributed by atoms with Crippen LogP contribution in [-0.4, -0.2) is 5.78 Å². The number of hydrogen-bond acceptors (Lipinski definition) is 2. The Bertz CT molecular complexity index is 345. The molecule has 0 aliphatic carbocycles. The van der Waals surface area contributed by atoms with E-state index in [1.807, 2.05) is 0 Å². The van der Waals surface area contributed by atoms with Gasteiger partial charge in [-0.05, 0) is 25.1 Å². The largest absolute Gasteiger partial charge is 0.465 e. The molecule has 0 N–H and O–H groups in total. The Morgan fingerprint density at radius 3 is 2.85 bits per heavy atom. The van der Waals surface area contributed by atoms with Gasteiger partial charge in [-0.2, -0.15) is 0 Å². The minimum Gasteiger partial charge on any atom is -0.465 e. The van der Waals surface area contributed by atoms with E-state index in [1.165, 1.54) is 13.2 Å². The van der Waals surface area contributed by atoms with Crippen LogP contribution in [0.5, 0.6) is 5.75 Å². The quantitative estimate of drug-likeness (QED) is 0.549. The van der Waals surface area contributed by atoms with Crippen molar-refractivity contribution in [2.75, 3.05) is 0 Å². The van der Waals surface area contributed by atoms with Crippen LogP contribution < -0.4 is 4.74 Å². The average molecular weight is 197 g/mol. The first kappa shape index (κ1) is 9.81. The van der Waals surface area contributed by atoms with E-state index in [9.17, 15) is 4.79 Å². The Morgan fingerprint density at radius 2 is 2.31 bits per heavy atom. The van der Waals surface area contributed by atoms with Gasteiger partial charge in [-0.15, -0.1) is 0 Å². The van der Waals surface area contributed by atoms with E-state index in [1.54, 1.807) is 18.2 Å². The number of ketones is 1. The van der Waals surface area contributed by atoms with E-state index in [-0.39, 0.29) is 5.78 Å². The predicted octanol–water partition coefficient (Wildman–Crippen LogP) is 3.06. The van der Waals surface area contributed by atoms with Crippen molar-refractivity contribution in [2.45, 2.75) is 6.92 Å². The van der Waals surface area contributed by atoms with E-state index < -0.39 is 0 Å². The summed E-state index contributed by atoms with van der Waals surface area (Å²) in [4.78, 5) is 11.1. The lowest BCUT2D eigenvalue weighted by atomic mass is 10.1. The summed E-state index contributed by atoms with van der Waals surface area (Å²) < 4.78 is 5.04. The van der Waals surface area contributed by atoms with Crippen molar-refractivity contribution in [1.29, 1.82) is 0 Å². The Labute approximate surface area is 81.8 Å². The molecule has 0 saturated carbocycles. The van der Waals surface area contributed by atoms with Crippen molar-refractivity contribution in [2.24, 2.45) is 0 Å². The molecule has 13 heavy (non-hydrogen) atoms. The normalized spacial score (nSPS) is 9.38. The topological polar surface area (TPSA) is 26.3 Å². The van der Waals surface area contributed by atoms with Gasteiger partial charge in [0.2, 0.25) is 0 Å². The van der Waals surface area contributed by atoms with Crippen LogP contribution in [0.2, 0.25) is 5.02 Å². The highest BCUT2D eigenvalue weighted by Gasteiger charge is 2.07. The summed E-state index contributed by atoms with van der Waals surface area (Å²) in [5.41, 5.74) is 0.465. The van der Waals surface area contributed by atoms with Crippen LogP contribution in [0.25, 0.3) is 0 Å². The maximum Gasteiger partial charge on any atom is 0.163 e. The Kier molecular flexibility index (Phi) is 3.09. The highest BCUT2D eigenvalue weighted by Crippen LogP contribution is 2.23. The Balaban J connectivity index is 3.17. The number of rotatable bonds is 3. The molecule has 0 atom stereocenters. The fraction of sp³-hybridized carbons (Fsp3) is 0.100. The second-order valence-electron chi connectivity index (χ2n) is 2.48. The molecule has 3 heteroatoms. The van der Waals surface area contributed by atoms with Gasteiger partial charge in [0.15, 0.2) is 5.78 Å². The molecule has 0 fully saturated rings. The molecule has 2 nitrogen and oxygen atoms in total. The smallest absolute Gasteiger partial charge is 0.163 e.